The Bertz CT molecular complexity index is 4000. The fourth-order valence-corrected chi connectivity index (χ4v) is 14.1. The highest BCUT2D eigenvalue weighted by molar-refractivity contribution is 7.17. The number of hydrogen-bond donors (Lipinski definition) is 0. The van der Waals surface area contributed by atoms with E-state index in [9.17, 15) is 5.26 Å². The Kier molecular flexibility index (Phi) is 7.87. The normalized spacial score (nSPS) is 11.9. The highest BCUT2D eigenvalue weighted by Gasteiger charge is 2.40. The minimum absolute atomic E-state index is 0.641. The monoisotopic (exact) mass is 830 g/mol. The summed E-state index contributed by atoms with van der Waals surface area (Å²) >= 11 is 0. The number of rotatable bonds is 4. The SMILES string of the molecule is N#Cc1ccc2c(c1)c1ccccc1n2-c1c2ccccc2c(C#C[Si](c2ccccc2)(c2ccc3oc4ccccc4c3c2)c2ccc3oc4ccccc4c3c2)c2ccccc12. The number of fused-ring (bicyclic) bond motifs is 11. The lowest BCUT2D eigenvalue weighted by Gasteiger charge is -2.28. The van der Waals surface area contributed by atoms with E-state index in [0.29, 0.717) is 5.56 Å². The minimum Gasteiger partial charge on any atom is -0.456 e. The predicted octanol–water partition coefficient (Wildman–Crippen LogP) is 12.8. The van der Waals surface area contributed by atoms with Crippen molar-refractivity contribution in [3.63, 3.8) is 0 Å². The van der Waals surface area contributed by atoms with E-state index in [2.05, 4.69) is 192 Å². The van der Waals surface area contributed by atoms with Crippen molar-refractivity contribution in [3.05, 3.63) is 217 Å². The molecule has 0 aliphatic rings. The van der Waals surface area contributed by atoms with Gasteiger partial charge in [0.15, 0.2) is 0 Å². The van der Waals surface area contributed by atoms with E-state index in [0.717, 1.165) is 98.5 Å². The third-order valence-corrected chi connectivity index (χ3v) is 17.2. The molecule has 0 atom stereocenters. The van der Waals surface area contributed by atoms with Gasteiger partial charge in [-0.1, -0.05) is 152 Å². The Morgan fingerprint density at radius 2 is 0.859 bits per heavy atom. The van der Waals surface area contributed by atoms with Crippen molar-refractivity contribution in [2.45, 2.75) is 0 Å². The summed E-state index contributed by atoms with van der Waals surface area (Å²) in [6.07, 6.45) is 0. The molecular formula is C59H34N2O2Si. The molecule has 5 heteroatoms. The fourth-order valence-electron chi connectivity index (χ4n) is 10.2. The lowest BCUT2D eigenvalue weighted by atomic mass is 9.95. The number of benzene rings is 10. The van der Waals surface area contributed by atoms with Crippen molar-refractivity contribution >= 4 is 111 Å². The summed E-state index contributed by atoms with van der Waals surface area (Å²) in [5.41, 5.74) is 12.5. The van der Waals surface area contributed by atoms with Gasteiger partial charge in [-0.2, -0.15) is 5.26 Å². The van der Waals surface area contributed by atoms with Gasteiger partial charge in [0.1, 0.15) is 22.3 Å². The first kappa shape index (κ1) is 36.1. The quantitative estimate of drug-likeness (QED) is 0.0768. The van der Waals surface area contributed by atoms with Crippen LogP contribution >= 0.6 is 0 Å². The summed E-state index contributed by atoms with van der Waals surface area (Å²) in [7, 11) is -3.26. The van der Waals surface area contributed by atoms with Gasteiger partial charge in [-0.25, -0.2) is 0 Å². The van der Waals surface area contributed by atoms with Crippen LogP contribution < -0.4 is 15.6 Å². The fraction of sp³-hybridized carbons (Fsp3) is 0. The first-order chi connectivity index (χ1) is 31.7. The number of nitriles is 1. The molecule has 0 saturated carbocycles. The molecule has 296 valence electrons. The average Bonchev–Trinajstić information content (AvgIpc) is 4.03. The number of nitrogens with zero attached hydrogens (tertiary/aromatic N) is 2. The molecular weight excluding hydrogens is 797 g/mol. The highest BCUT2D eigenvalue weighted by Crippen LogP contribution is 2.41. The van der Waals surface area contributed by atoms with Crippen LogP contribution in [-0.4, -0.2) is 12.6 Å². The van der Waals surface area contributed by atoms with E-state index in [4.69, 9.17) is 8.83 Å². The van der Waals surface area contributed by atoms with Crippen LogP contribution in [0.15, 0.2) is 215 Å². The van der Waals surface area contributed by atoms with Crippen LogP contribution in [0.1, 0.15) is 11.1 Å². The van der Waals surface area contributed by atoms with Crippen molar-refractivity contribution in [1.82, 2.24) is 4.57 Å². The van der Waals surface area contributed by atoms with Crippen LogP contribution in [0.2, 0.25) is 0 Å². The van der Waals surface area contributed by atoms with Crippen LogP contribution in [0.25, 0.3) is 92.9 Å². The molecule has 0 aliphatic carbocycles. The molecule has 3 aromatic heterocycles. The Hall–Kier alpha value is -8.61. The number of aromatic nitrogens is 1. The second-order valence-electron chi connectivity index (χ2n) is 16.5. The van der Waals surface area contributed by atoms with Crippen LogP contribution in [0.3, 0.4) is 0 Å². The maximum absolute atomic E-state index is 9.91. The summed E-state index contributed by atoms with van der Waals surface area (Å²) in [5, 5.41) is 24.3. The highest BCUT2D eigenvalue weighted by atomic mass is 28.3. The zero-order valence-corrected chi connectivity index (χ0v) is 35.3. The molecule has 0 N–H and O–H groups in total. The van der Waals surface area contributed by atoms with E-state index in [1.807, 2.05) is 36.4 Å². The maximum atomic E-state index is 9.91. The van der Waals surface area contributed by atoms with Gasteiger partial charge in [0.2, 0.25) is 8.07 Å². The lowest BCUT2D eigenvalue weighted by Crippen LogP contribution is -2.66. The second kappa shape index (κ2) is 14.0. The van der Waals surface area contributed by atoms with Crippen LogP contribution in [0, 0.1) is 22.8 Å². The van der Waals surface area contributed by atoms with Crippen LogP contribution in [0.5, 0.6) is 0 Å². The summed E-state index contributed by atoms with van der Waals surface area (Å²) in [6, 6.07) is 75.1. The maximum Gasteiger partial charge on any atom is 0.230 e. The summed E-state index contributed by atoms with van der Waals surface area (Å²) in [4.78, 5) is 0. The van der Waals surface area contributed by atoms with Gasteiger partial charge in [-0.3, -0.25) is 0 Å². The first-order valence-corrected chi connectivity index (χ1v) is 23.5. The molecule has 0 bridgehead atoms. The van der Waals surface area contributed by atoms with Gasteiger partial charge in [-0.05, 0) is 76.2 Å². The number of furan rings is 2. The van der Waals surface area contributed by atoms with Crippen molar-refractivity contribution < 1.29 is 8.83 Å². The topological polar surface area (TPSA) is 55.0 Å². The Balaban J connectivity index is 1.15. The first-order valence-electron chi connectivity index (χ1n) is 21.5. The van der Waals surface area contributed by atoms with Crippen molar-refractivity contribution in [2.24, 2.45) is 0 Å². The Labute approximate surface area is 368 Å². The molecule has 0 unspecified atom stereocenters. The summed E-state index contributed by atoms with van der Waals surface area (Å²) < 4.78 is 15.2. The molecule has 3 heterocycles. The standard InChI is InChI=1S/C59H34N2O2Si/c60-37-38-26-29-54-50(34-38)45-18-8-11-23-53(45)61(54)59-48-21-6-4-16-42(48)44(43-17-5-7-22-49(43)59)32-33-64(39-14-2-1-3-15-39,40-27-30-57-51(35-40)46-19-9-12-24-55(46)62-57)41-28-31-58-52(36-41)47-20-10-13-25-56(47)63-58/h1-31,34-36H. The molecule has 13 aromatic rings. The minimum atomic E-state index is -3.26. The molecule has 0 fully saturated rings. The van der Waals surface area contributed by atoms with Gasteiger partial charge in [0.05, 0.1) is 28.4 Å². The Morgan fingerprint density at radius 3 is 1.45 bits per heavy atom. The van der Waals surface area contributed by atoms with Gasteiger partial charge >= 0.3 is 0 Å². The zero-order valence-electron chi connectivity index (χ0n) is 34.3. The van der Waals surface area contributed by atoms with E-state index in [1.165, 1.54) is 15.6 Å². The Morgan fingerprint density at radius 1 is 0.375 bits per heavy atom. The van der Waals surface area contributed by atoms with Crippen LogP contribution in [-0.2, 0) is 0 Å². The summed E-state index contributed by atoms with van der Waals surface area (Å²) in [6.45, 7) is 0. The van der Waals surface area contributed by atoms with E-state index in [1.54, 1.807) is 0 Å². The second-order valence-corrected chi connectivity index (χ2v) is 20.0. The molecule has 0 spiro atoms. The third-order valence-electron chi connectivity index (χ3n) is 13.1. The van der Waals surface area contributed by atoms with Gasteiger partial charge < -0.3 is 13.4 Å². The van der Waals surface area contributed by atoms with E-state index in [-0.39, 0.29) is 0 Å². The molecule has 4 nitrogen and oxygen atoms in total. The molecule has 10 aromatic carbocycles. The molecule has 64 heavy (non-hydrogen) atoms. The third kappa shape index (κ3) is 5.23. The van der Waals surface area contributed by atoms with Crippen molar-refractivity contribution in [2.75, 3.05) is 0 Å². The van der Waals surface area contributed by atoms with Crippen molar-refractivity contribution in [3.8, 4) is 23.2 Å². The van der Waals surface area contributed by atoms with E-state index < -0.39 is 8.07 Å². The predicted molar refractivity (Wildman–Crippen MR) is 266 cm³/mol. The lowest BCUT2D eigenvalue weighted by molar-refractivity contribution is 0.668. The van der Waals surface area contributed by atoms with Gasteiger partial charge in [0.25, 0.3) is 0 Å². The average molecular weight is 831 g/mol. The zero-order chi connectivity index (χ0) is 42.4. The van der Waals surface area contributed by atoms with Gasteiger partial charge in [-0.15, -0.1) is 5.54 Å². The largest absolute Gasteiger partial charge is 0.456 e. The smallest absolute Gasteiger partial charge is 0.230 e. The number of hydrogen-bond acceptors (Lipinski definition) is 3. The van der Waals surface area contributed by atoms with E-state index >= 15 is 0 Å². The molecule has 0 amide bonds. The van der Waals surface area contributed by atoms with Crippen molar-refractivity contribution in [1.29, 1.82) is 5.26 Å². The molecule has 13 rings (SSSR count). The molecule has 0 aliphatic heterocycles. The van der Waals surface area contributed by atoms with Gasteiger partial charge in [0, 0.05) is 59.4 Å². The summed E-state index contributed by atoms with van der Waals surface area (Å²) in [5.74, 6) is 4.01. The van der Waals surface area contributed by atoms with Crippen LogP contribution in [0.4, 0.5) is 0 Å². The number of para-hydroxylation sites is 3. The molecule has 0 saturated heterocycles. The molecule has 0 radical (unpaired) electrons.